The van der Waals surface area contributed by atoms with E-state index in [2.05, 4.69) is 4.98 Å². The predicted octanol–water partition coefficient (Wildman–Crippen LogP) is 4.18. The number of carbonyl (C=O) groups is 1. The maximum Gasteiger partial charge on any atom is 0.425 e. The van der Waals surface area contributed by atoms with Gasteiger partial charge in [0, 0.05) is 24.7 Å². The highest BCUT2D eigenvalue weighted by atomic mass is 35.5. The van der Waals surface area contributed by atoms with Crippen LogP contribution in [0.5, 0.6) is 5.75 Å². The zero-order valence-electron chi connectivity index (χ0n) is 16.6. The van der Waals surface area contributed by atoms with E-state index >= 15 is 0 Å². The van der Waals surface area contributed by atoms with Crippen molar-refractivity contribution >= 4 is 17.5 Å². The Morgan fingerprint density at radius 3 is 2.84 bits per heavy atom. The van der Waals surface area contributed by atoms with Gasteiger partial charge in [0.05, 0.1) is 17.3 Å². The number of halogens is 4. The van der Waals surface area contributed by atoms with Gasteiger partial charge in [-0.25, -0.2) is 0 Å². The Morgan fingerprint density at radius 2 is 2.16 bits per heavy atom. The fraction of sp³-hybridized carbons (Fsp3) is 0.429. The number of piperidine rings is 1. The Balaban J connectivity index is 1.48. The molecule has 3 heterocycles. The minimum atomic E-state index is -4.52. The van der Waals surface area contributed by atoms with Gasteiger partial charge in [0.15, 0.2) is 6.10 Å². The molecule has 10 heteroatoms. The molecule has 0 N–H and O–H groups in total. The third-order valence-corrected chi connectivity index (χ3v) is 5.87. The summed E-state index contributed by atoms with van der Waals surface area (Å²) in [6, 6.07) is 9.55. The number of ether oxygens (including phenoxy) is 3. The minimum absolute atomic E-state index is 0.0674. The highest BCUT2D eigenvalue weighted by Crippen LogP contribution is 2.42. The van der Waals surface area contributed by atoms with Gasteiger partial charge in [-0.15, -0.1) is 0 Å². The van der Waals surface area contributed by atoms with Crippen LogP contribution in [-0.4, -0.2) is 54.1 Å². The second-order valence-electron chi connectivity index (χ2n) is 7.47. The molecule has 0 aliphatic carbocycles. The smallest absolute Gasteiger partial charge is 0.425 e. The Labute approximate surface area is 181 Å². The summed E-state index contributed by atoms with van der Waals surface area (Å²) in [7, 11) is 0. The Bertz CT molecular complexity index is 959. The second kappa shape index (κ2) is 8.29. The number of nitrogens with zero attached hydrogens (tertiary/aromatic N) is 2. The van der Waals surface area contributed by atoms with E-state index in [9.17, 15) is 18.0 Å². The number of fused-ring (bicyclic) bond motifs is 1. The van der Waals surface area contributed by atoms with E-state index in [0.29, 0.717) is 13.0 Å². The molecular weight excluding hydrogens is 437 g/mol. The summed E-state index contributed by atoms with van der Waals surface area (Å²) in [5, 5.41) is -0.0674. The molecule has 2 aromatic rings. The largest absolute Gasteiger partial charge is 0.480 e. The Hall–Kier alpha value is -2.36. The third-order valence-electron chi connectivity index (χ3n) is 5.57. The van der Waals surface area contributed by atoms with E-state index in [-0.39, 0.29) is 41.7 Å². The average molecular weight is 457 g/mol. The molecule has 1 aromatic heterocycles. The van der Waals surface area contributed by atoms with Crippen LogP contribution < -0.4 is 4.74 Å². The van der Waals surface area contributed by atoms with Gasteiger partial charge in [0.2, 0.25) is 0 Å². The van der Waals surface area contributed by atoms with Gasteiger partial charge >= 0.3 is 6.18 Å². The van der Waals surface area contributed by atoms with Crippen molar-refractivity contribution in [1.29, 1.82) is 0 Å². The van der Waals surface area contributed by atoms with Gasteiger partial charge < -0.3 is 19.1 Å². The predicted molar refractivity (Wildman–Crippen MR) is 105 cm³/mol. The molecule has 0 saturated carbocycles. The topological polar surface area (TPSA) is 60.9 Å². The summed E-state index contributed by atoms with van der Waals surface area (Å²) in [6.45, 7) is 1.69. The lowest BCUT2D eigenvalue weighted by Gasteiger charge is -2.41. The Kier molecular flexibility index (Phi) is 5.85. The van der Waals surface area contributed by atoms with Gasteiger partial charge in [-0.2, -0.15) is 13.2 Å². The minimum Gasteiger partial charge on any atom is -0.480 e. The van der Waals surface area contributed by atoms with Gasteiger partial charge in [-0.3, -0.25) is 9.78 Å². The van der Waals surface area contributed by atoms with Crippen molar-refractivity contribution in [1.82, 2.24) is 9.88 Å². The SMILES string of the molecule is CC(Oc1ccc(C(=O)N2CCC3(c4ccccn4)OCOC3C2)cc1Cl)C(F)(F)F. The molecule has 3 atom stereocenters. The van der Waals surface area contributed by atoms with Crippen molar-refractivity contribution in [3.63, 3.8) is 0 Å². The molecule has 4 rings (SSSR count). The highest BCUT2D eigenvalue weighted by Gasteiger charge is 2.52. The molecule has 0 radical (unpaired) electrons. The van der Waals surface area contributed by atoms with Crippen molar-refractivity contribution in [2.24, 2.45) is 0 Å². The van der Waals surface area contributed by atoms with Crippen LogP contribution >= 0.6 is 11.6 Å². The molecule has 6 nitrogen and oxygen atoms in total. The molecule has 1 amide bonds. The van der Waals surface area contributed by atoms with Crippen molar-refractivity contribution in [2.45, 2.75) is 37.3 Å². The third kappa shape index (κ3) is 4.22. The van der Waals surface area contributed by atoms with Crippen LogP contribution in [-0.2, 0) is 15.1 Å². The number of likely N-dealkylation sites (tertiary alicyclic amines) is 1. The van der Waals surface area contributed by atoms with E-state index in [1.54, 1.807) is 11.1 Å². The van der Waals surface area contributed by atoms with Crippen LogP contribution in [0.25, 0.3) is 0 Å². The second-order valence-corrected chi connectivity index (χ2v) is 7.88. The van der Waals surface area contributed by atoms with Crippen LogP contribution in [0.4, 0.5) is 13.2 Å². The number of amides is 1. The first-order valence-electron chi connectivity index (χ1n) is 9.70. The number of alkyl halides is 3. The number of aromatic nitrogens is 1. The molecule has 0 spiro atoms. The standard InChI is InChI=1S/C21H20ClF3N2O4/c1-13(21(23,24)25)31-16-6-5-14(10-15(16)22)19(28)27-9-7-20(17-4-2-3-8-26-17)18(11-27)29-12-30-20/h2-6,8,10,13,18H,7,9,11-12H2,1H3. The molecule has 2 aliphatic heterocycles. The van der Waals surface area contributed by atoms with Crippen LogP contribution in [0.3, 0.4) is 0 Å². The molecule has 0 bridgehead atoms. The van der Waals surface area contributed by atoms with Crippen LogP contribution in [0.15, 0.2) is 42.6 Å². The number of pyridine rings is 1. The number of rotatable bonds is 4. The maximum absolute atomic E-state index is 13.0. The van der Waals surface area contributed by atoms with E-state index in [0.717, 1.165) is 12.6 Å². The van der Waals surface area contributed by atoms with Crippen LogP contribution in [0.1, 0.15) is 29.4 Å². The van der Waals surface area contributed by atoms with E-state index in [4.69, 9.17) is 25.8 Å². The summed E-state index contributed by atoms with van der Waals surface area (Å²) in [4.78, 5) is 19.0. The van der Waals surface area contributed by atoms with Crippen molar-refractivity contribution in [3.8, 4) is 5.75 Å². The number of carbonyl (C=O) groups excluding carboxylic acids is 1. The first-order valence-corrected chi connectivity index (χ1v) is 10.1. The molecule has 166 valence electrons. The van der Waals surface area contributed by atoms with Gasteiger partial charge in [0.1, 0.15) is 24.2 Å². The lowest BCUT2D eigenvalue weighted by Crippen LogP contribution is -2.53. The zero-order chi connectivity index (χ0) is 22.2. The summed E-state index contributed by atoms with van der Waals surface area (Å²) in [5.74, 6) is -0.439. The van der Waals surface area contributed by atoms with E-state index in [1.807, 2.05) is 18.2 Å². The average Bonchev–Trinajstić information content (AvgIpc) is 3.19. The molecule has 2 fully saturated rings. The first-order chi connectivity index (χ1) is 14.7. The summed E-state index contributed by atoms with van der Waals surface area (Å²) < 4.78 is 54.7. The molecule has 2 saturated heterocycles. The number of hydrogen-bond acceptors (Lipinski definition) is 5. The van der Waals surface area contributed by atoms with Crippen molar-refractivity contribution < 1.29 is 32.2 Å². The fourth-order valence-electron chi connectivity index (χ4n) is 3.81. The Morgan fingerprint density at radius 1 is 1.35 bits per heavy atom. The molecular formula is C21H20ClF3N2O4. The summed E-state index contributed by atoms with van der Waals surface area (Å²) >= 11 is 6.08. The fourth-order valence-corrected chi connectivity index (χ4v) is 4.03. The zero-order valence-corrected chi connectivity index (χ0v) is 17.3. The quantitative estimate of drug-likeness (QED) is 0.690. The lowest BCUT2D eigenvalue weighted by molar-refractivity contribution is -0.189. The van der Waals surface area contributed by atoms with Gasteiger partial charge in [0.25, 0.3) is 5.91 Å². The number of benzene rings is 1. The molecule has 1 aromatic carbocycles. The van der Waals surface area contributed by atoms with Crippen LogP contribution in [0.2, 0.25) is 5.02 Å². The first kappa shape index (κ1) is 21.9. The summed E-state index contributed by atoms with van der Waals surface area (Å²) in [5.41, 5.74) is 0.301. The van der Waals surface area contributed by atoms with E-state index in [1.165, 1.54) is 18.2 Å². The maximum atomic E-state index is 13.0. The van der Waals surface area contributed by atoms with Gasteiger partial charge in [-0.1, -0.05) is 17.7 Å². The lowest BCUT2D eigenvalue weighted by atomic mass is 9.85. The highest BCUT2D eigenvalue weighted by molar-refractivity contribution is 6.32. The normalized spacial score (nSPS) is 24.5. The summed E-state index contributed by atoms with van der Waals surface area (Å²) in [6.07, 6.45) is -4.74. The van der Waals surface area contributed by atoms with Gasteiger partial charge in [-0.05, 0) is 37.3 Å². The number of hydrogen-bond donors (Lipinski definition) is 0. The monoisotopic (exact) mass is 456 g/mol. The van der Waals surface area contributed by atoms with Crippen LogP contribution in [0, 0.1) is 0 Å². The van der Waals surface area contributed by atoms with E-state index < -0.39 is 17.9 Å². The van der Waals surface area contributed by atoms with Crippen molar-refractivity contribution in [2.75, 3.05) is 19.9 Å². The molecule has 3 unspecified atom stereocenters. The van der Waals surface area contributed by atoms with Crippen molar-refractivity contribution in [3.05, 3.63) is 58.9 Å². The molecule has 31 heavy (non-hydrogen) atoms. The molecule has 2 aliphatic rings.